The molecule has 0 bridgehead atoms. The van der Waals surface area contributed by atoms with Gasteiger partial charge in [0, 0.05) is 18.1 Å². The summed E-state index contributed by atoms with van der Waals surface area (Å²) in [6.07, 6.45) is 4.41. The maximum Gasteiger partial charge on any atom is 0.0580 e. The maximum absolute atomic E-state index is 9.89. The van der Waals surface area contributed by atoms with E-state index in [4.69, 9.17) is 11.6 Å². The van der Waals surface area contributed by atoms with Crippen LogP contribution in [-0.4, -0.2) is 17.8 Å². The van der Waals surface area contributed by atoms with Crippen LogP contribution in [0.2, 0.25) is 5.02 Å². The molecule has 0 aliphatic heterocycles. The molecule has 2 atom stereocenters. The Morgan fingerprint density at radius 3 is 2.83 bits per heavy atom. The molecule has 1 aliphatic rings. The van der Waals surface area contributed by atoms with Gasteiger partial charge in [0.2, 0.25) is 0 Å². The lowest BCUT2D eigenvalue weighted by molar-refractivity contribution is 0.0695. The van der Waals surface area contributed by atoms with Gasteiger partial charge in [0.05, 0.1) is 6.10 Å². The lowest BCUT2D eigenvalue weighted by atomic mass is 9.86. The first-order valence-corrected chi connectivity index (χ1v) is 7.18. The Labute approximate surface area is 114 Å². The Morgan fingerprint density at radius 1 is 1.33 bits per heavy atom. The summed E-state index contributed by atoms with van der Waals surface area (Å²) < 4.78 is 0. The van der Waals surface area contributed by atoms with Crippen molar-refractivity contribution in [3.05, 3.63) is 34.3 Å². The summed E-state index contributed by atoms with van der Waals surface area (Å²) in [5.74, 6) is 0.416. The van der Waals surface area contributed by atoms with E-state index in [2.05, 4.69) is 17.4 Å². The molecule has 2 unspecified atom stereocenters. The third kappa shape index (κ3) is 3.71. The highest BCUT2D eigenvalue weighted by atomic mass is 35.5. The topological polar surface area (TPSA) is 32.3 Å². The number of aliphatic hydroxyl groups is 1. The largest absolute Gasteiger partial charge is 0.393 e. The zero-order valence-corrected chi connectivity index (χ0v) is 11.7. The lowest BCUT2D eigenvalue weighted by Gasteiger charge is -2.27. The molecule has 0 radical (unpaired) electrons. The van der Waals surface area contributed by atoms with E-state index in [1.807, 2.05) is 13.0 Å². The number of nitrogens with one attached hydrogen (secondary N) is 1. The normalized spacial score (nSPS) is 24.2. The van der Waals surface area contributed by atoms with Crippen LogP contribution in [0.4, 0.5) is 0 Å². The Morgan fingerprint density at radius 2 is 2.11 bits per heavy atom. The molecule has 2 nitrogen and oxygen atoms in total. The Hall–Kier alpha value is -0.570. The fraction of sp³-hybridized carbons (Fsp3) is 0.600. The van der Waals surface area contributed by atoms with Gasteiger partial charge >= 0.3 is 0 Å². The van der Waals surface area contributed by atoms with Crippen LogP contribution < -0.4 is 5.32 Å². The minimum absolute atomic E-state index is 0.118. The van der Waals surface area contributed by atoms with Gasteiger partial charge in [0.15, 0.2) is 0 Å². The van der Waals surface area contributed by atoms with Crippen LogP contribution in [0.5, 0.6) is 0 Å². The monoisotopic (exact) mass is 267 g/mol. The molecule has 1 fully saturated rings. The Bertz CT molecular complexity index is 394. The van der Waals surface area contributed by atoms with E-state index in [1.54, 1.807) is 0 Å². The second kappa shape index (κ2) is 6.55. The van der Waals surface area contributed by atoms with Crippen molar-refractivity contribution in [3.63, 3.8) is 0 Å². The third-order valence-electron chi connectivity index (χ3n) is 3.84. The van der Waals surface area contributed by atoms with Crippen LogP contribution in [0, 0.1) is 12.8 Å². The number of aliphatic hydroxyl groups excluding tert-OH is 1. The van der Waals surface area contributed by atoms with Crippen molar-refractivity contribution in [2.45, 2.75) is 45.3 Å². The SMILES string of the molecule is Cc1ccc(CNCC2CCCCC2O)cc1Cl. The summed E-state index contributed by atoms with van der Waals surface area (Å²) in [7, 11) is 0. The first-order valence-electron chi connectivity index (χ1n) is 6.80. The van der Waals surface area contributed by atoms with Crippen LogP contribution >= 0.6 is 11.6 Å². The fourth-order valence-corrected chi connectivity index (χ4v) is 2.78. The van der Waals surface area contributed by atoms with Crippen LogP contribution in [0.1, 0.15) is 36.8 Å². The molecule has 1 aromatic carbocycles. The van der Waals surface area contributed by atoms with Gasteiger partial charge in [-0.25, -0.2) is 0 Å². The van der Waals surface area contributed by atoms with Gasteiger partial charge in [-0.1, -0.05) is 36.6 Å². The third-order valence-corrected chi connectivity index (χ3v) is 4.25. The molecule has 0 saturated heterocycles. The van der Waals surface area contributed by atoms with Crippen LogP contribution in [0.25, 0.3) is 0 Å². The van der Waals surface area contributed by atoms with E-state index in [0.29, 0.717) is 5.92 Å². The summed E-state index contributed by atoms with van der Waals surface area (Å²) in [5.41, 5.74) is 2.32. The Kier molecular flexibility index (Phi) is 5.04. The highest BCUT2D eigenvalue weighted by Crippen LogP contribution is 2.23. The van der Waals surface area contributed by atoms with E-state index < -0.39 is 0 Å². The highest BCUT2D eigenvalue weighted by molar-refractivity contribution is 6.31. The second-order valence-electron chi connectivity index (χ2n) is 5.33. The van der Waals surface area contributed by atoms with Gasteiger partial charge in [-0.3, -0.25) is 0 Å². The summed E-state index contributed by atoms with van der Waals surface area (Å²) >= 11 is 6.10. The van der Waals surface area contributed by atoms with E-state index in [9.17, 15) is 5.11 Å². The van der Waals surface area contributed by atoms with E-state index in [1.165, 1.54) is 18.4 Å². The molecular weight excluding hydrogens is 246 g/mol. The van der Waals surface area contributed by atoms with Crippen LogP contribution in [-0.2, 0) is 6.54 Å². The average molecular weight is 268 g/mol. The molecular formula is C15H22ClNO. The minimum Gasteiger partial charge on any atom is -0.393 e. The van der Waals surface area contributed by atoms with Gasteiger partial charge in [-0.05, 0) is 42.9 Å². The molecule has 0 amide bonds. The number of benzene rings is 1. The van der Waals surface area contributed by atoms with Crippen molar-refractivity contribution >= 4 is 11.6 Å². The molecule has 18 heavy (non-hydrogen) atoms. The molecule has 1 aliphatic carbocycles. The summed E-state index contributed by atoms with van der Waals surface area (Å²) in [6.45, 7) is 3.73. The predicted octanol–water partition coefficient (Wildman–Crippen LogP) is 3.29. The molecule has 0 aromatic heterocycles. The second-order valence-corrected chi connectivity index (χ2v) is 5.73. The molecule has 0 heterocycles. The molecule has 2 rings (SSSR count). The first kappa shape index (κ1) is 13.9. The van der Waals surface area contributed by atoms with Gasteiger partial charge in [-0.15, -0.1) is 0 Å². The molecule has 2 N–H and O–H groups in total. The minimum atomic E-state index is -0.118. The van der Waals surface area contributed by atoms with Crippen molar-refractivity contribution in [3.8, 4) is 0 Å². The summed E-state index contributed by atoms with van der Waals surface area (Å²) in [4.78, 5) is 0. The molecule has 3 heteroatoms. The van der Waals surface area contributed by atoms with Crippen molar-refractivity contribution in [1.82, 2.24) is 5.32 Å². The van der Waals surface area contributed by atoms with E-state index in [0.717, 1.165) is 36.5 Å². The number of aryl methyl sites for hydroxylation is 1. The smallest absolute Gasteiger partial charge is 0.0580 e. The van der Waals surface area contributed by atoms with Crippen LogP contribution in [0.15, 0.2) is 18.2 Å². The first-order chi connectivity index (χ1) is 8.66. The standard InChI is InChI=1S/C15H22ClNO/c1-11-6-7-12(8-14(11)16)9-17-10-13-4-2-3-5-15(13)18/h6-8,13,15,17-18H,2-5,9-10H2,1H3. The fourth-order valence-electron chi connectivity index (χ4n) is 2.57. The van der Waals surface area contributed by atoms with Gasteiger partial charge in [-0.2, -0.15) is 0 Å². The quantitative estimate of drug-likeness (QED) is 0.877. The number of hydrogen-bond acceptors (Lipinski definition) is 2. The van der Waals surface area contributed by atoms with Crippen molar-refractivity contribution in [1.29, 1.82) is 0 Å². The molecule has 1 aromatic rings. The molecule has 100 valence electrons. The van der Waals surface area contributed by atoms with Gasteiger partial charge < -0.3 is 10.4 Å². The number of hydrogen-bond donors (Lipinski definition) is 2. The van der Waals surface area contributed by atoms with Crippen molar-refractivity contribution < 1.29 is 5.11 Å². The number of halogens is 1. The molecule has 1 saturated carbocycles. The summed E-state index contributed by atoms with van der Waals surface area (Å²) in [5, 5.41) is 14.1. The van der Waals surface area contributed by atoms with E-state index >= 15 is 0 Å². The zero-order valence-electron chi connectivity index (χ0n) is 11.0. The summed E-state index contributed by atoms with van der Waals surface area (Å²) in [6, 6.07) is 6.17. The van der Waals surface area contributed by atoms with Crippen molar-refractivity contribution in [2.24, 2.45) is 5.92 Å². The lowest BCUT2D eigenvalue weighted by Crippen LogP contribution is -2.33. The predicted molar refractivity (Wildman–Crippen MR) is 75.9 cm³/mol. The Balaban J connectivity index is 1.79. The zero-order chi connectivity index (χ0) is 13.0. The van der Waals surface area contributed by atoms with Gasteiger partial charge in [0.25, 0.3) is 0 Å². The van der Waals surface area contributed by atoms with E-state index in [-0.39, 0.29) is 6.10 Å². The van der Waals surface area contributed by atoms with Crippen LogP contribution in [0.3, 0.4) is 0 Å². The maximum atomic E-state index is 9.89. The van der Waals surface area contributed by atoms with Crippen molar-refractivity contribution in [2.75, 3.05) is 6.54 Å². The molecule has 0 spiro atoms. The highest BCUT2D eigenvalue weighted by Gasteiger charge is 2.22. The van der Waals surface area contributed by atoms with Gasteiger partial charge in [0.1, 0.15) is 0 Å². The number of rotatable bonds is 4. The average Bonchev–Trinajstić information content (AvgIpc) is 2.36.